The van der Waals surface area contributed by atoms with Crippen molar-refractivity contribution in [2.45, 2.75) is 26.3 Å². The smallest absolute Gasteiger partial charge is 0.339 e. The largest absolute Gasteiger partial charge is 0.480 e. The van der Waals surface area contributed by atoms with Crippen molar-refractivity contribution in [2.75, 3.05) is 24.6 Å². The number of anilines is 1. The van der Waals surface area contributed by atoms with Gasteiger partial charge in [0.25, 0.3) is 0 Å². The van der Waals surface area contributed by atoms with Crippen LogP contribution in [0.25, 0.3) is 11.0 Å². The van der Waals surface area contributed by atoms with Gasteiger partial charge in [0.1, 0.15) is 11.6 Å². The SMILES string of the molecule is CCN(CC)c1ccc2c(C(=O)OCCC(N)C(=O)O)cc(=O)oc2c1. The Bertz CT molecular complexity index is 856. The Morgan fingerprint density at radius 1 is 1.27 bits per heavy atom. The molecule has 8 heteroatoms. The van der Waals surface area contributed by atoms with E-state index in [9.17, 15) is 14.4 Å². The van der Waals surface area contributed by atoms with Crippen molar-refractivity contribution in [1.29, 1.82) is 0 Å². The number of rotatable bonds is 8. The van der Waals surface area contributed by atoms with Crippen LogP contribution in [0.2, 0.25) is 0 Å². The molecule has 1 aromatic heterocycles. The molecule has 2 aromatic rings. The first-order chi connectivity index (χ1) is 12.4. The number of ether oxygens (including phenoxy) is 1. The van der Waals surface area contributed by atoms with E-state index in [1.54, 1.807) is 12.1 Å². The van der Waals surface area contributed by atoms with Crippen LogP contribution < -0.4 is 16.3 Å². The van der Waals surface area contributed by atoms with Crippen molar-refractivity contribution >= 4 is 28.6 Å². The summed E-state index contributed by atoms with van der Waals surface area (Å²) in [6, 6.07) is 5.20. The van der Waals surface area contributed by atoms with E-state index in [1.165, 1.54) is 0 Å². The molecule has 3 N–H and O–H groups in total. The highest BCUT2D eigenvalue weighted by molar-refractivity contribution is 6.03. The summed E-state index contributed by atoms with van der Waals surface area (Å²) < 4.78 is 10.3. The first-order valence-electron chi connectivity index (χ1n) is 8.35. The van der Waals surface area contributed by atoms with Crippen LogP contribution in [-0.2, 0) is 9.53 Å². The quantitative estimate of drug-likeness (QED) is 0.536. The monoisotopic (exact) mass is 362 g/mol. The Hall–Kier alpha value is -2.87. The molecule has 0 saturated heterocycles. The highest BCUT2D eigenvalue weighted by Gasteiger charge is 2.17. The Morgan fingerprint density at radius 3 is 2.58 bits per heavy atom. The minimum atomic E-state index is -1.17. The number of nitrogens with two attached hydrogens (primary N) is 1. The van der Waals surface area contributed by atoms with Crippen LogP contribution >= 0.6 is 0 Å². The topological polar surface area (TPSA) is 123 Å². The van der Waals surface area contributed by atoms with Crippen LogP contribution in [0.4, 0.5) is 5.69 Å². The molecule has 26 heavy (non-hydrogen) atoms. The Kier molecular flexibility index (Phi) is 6.35. The standard InChI is InChI=1S/C18H22N2O6/c1-3-20(4-2)11-5-6-12-13(10-16(21)26-15(12)9-11)18(24)25-8-7-14(19)17(22)23/h5-6,9-10,14H,3-4,7-8,19H2,1-2H3,(H,22,23). The van der Waals surface area contributed by atoms with Crippen LogP contribution in [0.1, 0.15) is 30.6 Å². The average Bonchev–Trinajstić information content (AvgIpc) is 2.61. The first-order valence-corrected chi connectivity index (χ1v) is 8.35. The van der Waals surface area contributed by atoms with Gasteiger partial charge in [0.05, 0.1) is 12.2 Å². The molecular formula is C18H22N2O6. The molecule has 0 aliphatic carbocycles. The Morgan fingerprint density at radius 2 is 1.96 bits per heavy atom. The van der Waals surface area contributed by atoms with Crippen molar-refractivity contribution in [2.24, 2.45) is 5.73 Å². The summed E-state index contributed by atoms with van der Waals surface area (Å²) in [5.74, 6) is -1.90. The summed E-state index contributed by atoms with van der Waals surface area (Å²) in [4.78, 5) is 36.9. The van der Waals surface area contributed by atoms with Crippen LogP contribution in [-0.4, -0.2) is 42.8 Å². The number of aliphatic carboxylic acids is 1. The van der Waals surface area contributed by atoms with Crippen molar-refractivity contribution in [3.8, 4) is 0 Å². The number of carbonyl (C=O) groups excluding carboxylic acids is 1. The Labute approximate surface area is 150 Å². The summed E-state index contributed by atoms with van der Waals surface area (Å²) in [5, 5.41) is 9.18. The van der Waals surface area contributed by atoms with Gasteiger partial charge >= 0.3 is 17.6 Å². The predicted octanol–water partition coefficient (Wildman–Crippen LogP) is 1.60. The van der Waals surface area contributed by atoms with E-state index >= 15 is 0 Å². The highest BCUT2D eigenvalue weighted by Crippen LogP contribution is 2.24. The van der Waals surface area contributed by atoms with Crippen LogP contribution in [0.15, 0.2) is 33.5 Å². The molecule has 0 bridgehead atoms. The number of carboxylic acids is 1. The molecule has 8 nitrogen and oxygen atoms in total. The zero-order chi connectivity index (χ0) is 19.3. The molecule has 1 aromatic carbocycles. The fraction of sp³-hybridized carbons (Fsp3) is 0.389. The van der Waals surface area contributed by atoms with Gasteiger partial charge in [-0.15, -0.1) is 0 Å². The second-order valence-corrected chi connectivity index (χ2v) is 5.70. The summed E-state index contributed by atoms with van der Waals surface area (Å²) in [6.45, 7) is 5.44. The molecule has 0 aliphatic rings. The second kappa shape index (κ2) is 8.48. The van der Waals surface area contributed by atoms with Gasteiger partial charge in [0.15, 0.2) is 0 Å². The molecule has 1 heterocycles. The lowest BCUT2D eigenvalue weighted by Gasteiger charge is -2.21. The molecule has 1 atom stereocenters. The van der Waals surface area contributed by atoms with Crippen molar-refractivity contribution in [1.82, 2.24) is 0 Å². The third-order valence-electron chi connectivity index (χ3n) is 4.06. The lowest BCUT2D eigenvalue weighted by molar-refractivity contribution is -0.138. The number of carboxylic acid groups (broad SMARTS) is 1. The van der Waals surface area contributed by atoms with Gasteiger partial charge in [-0.3, -0.25) is 4.79 Å². The molecule has 0 radical (unpaired) electrons. The molecule has 0 fully saturated rings. The number of fused-ring (bicyclic) bond motifs is 1. The molecule has 0 saturated carbocycles. The average molecular weight is 362 g/mol. The van der Waals surface area contributed by atoms with E-state index < -0.39 is 23.6 Å². The number of hydrogen-bond donors (Lipinski definition) is 2. The fourth-order valence-electron chi connectivity index (χ4n) is 2.59. The van der Waals surface area contributed by atoms with E-state index in [2.05, 4.69) is 4.90 Å². The third-order valence-corrected chi connectivity index (χ3v) is 4.06. The van der Waals surface area contributed by atoms with Gasteiger partial charge in [-0.25, -0.2) is 9.59 Å². The predicted molar refractivity (Wildman–Crippen MR) is 96.6 cm³/mol. The zero-order valence-electron chi connectivity index (χ0n) is 14.7. The molecule has 2 rings (SSSR count). The second-order valence-electron chi connectivity index (χ2n) is 5.70. The summed E-state index contributed by atoms with van der Waals surface area (Å²) in [7, 11) is 0. The Balaban J connectivity index is 2.28. The lowest BCUT2D eigenvalue weighted by atomic mass is 10.1. The maximum Gasteiger partial charge on any atom is 0.339 e. The maximum absolute atomic E-state index is 12.3. The van der Waals surface area contributed by atoms with Crippen molar-refractivity contribution in [3.63, 3.8) is 0 Å². The third kappa shape index (κ3) is 4.40. The molecule has 1 unspecified atom stereocenters. The van der Waals surface area contributed by atoms with Crippen LogP contribution in [0, 0.1) is 0 Å². The van der Waals surface area contributed by atoms with E-state index in [0.29, 0.717) is 5.39 Å². The molecular weight excluding hydrogens is 340 g/mol. The van der Waals surface area contributed by atoms with Crippen molar-refractivity contribution < 1.29 is 23.8 Å². The van der Waals surface area contributed by atoms with E-state index in [0.717, 1.165) is 24.8 Å². The highest BCUT2D eigenvalue weighted by atomic mass is 16.5. The molecule has 0 amide bonds. The van der Waals surface area contributed by atoms with E-state index in [4.69, 9.17) is 20.0 Å². The molecule has 0 spiro atoms. The molecule has 140 valence electrons. The van der Waals surface area contributed by atoms with Crippen LogP contribution in [0.5, 0.6) is 0 Å². The minimum absolute atomic E-state index is 0.0213. The minimum Gasteiger partial charge on any atom is -0.480 e. The van der Waals surface area contributed by atoms with Crippen LogP contribution in [0.3, 0.4) is 0 Å². The first kappa shape index (κ1) is 19.5. The lowest BCUT2D eigenvalue weighted by Crippen LogP contribution is -2.31. The fourth-order valence-corrected chi connectivity index (χ4v) is 2.59. The van der Waals surface area contributed by atoms with Crippen molar-refractivity contribution in [3.05, 3.63) is 40.2 Å². The summed E-state index contributed by atoms with van der Waals surface area (Å²) >= 11 is 0. The van der Waals surface area contributed by atoms with Gasteiger partial charge in [-0.1, -0.05) is 0 Å². The van der Waals surface area contributed by atoms with Gasteiger partial charge in [-0.2, -0.15) is 0 Å². The number of carbonyl (C=O) groups is 2. The van der Waals surface area contributed by atoms with Gasteiger partial charge in [0, 0.05) is 42.7 Å². The van der Waals surface area contributed by atoms with Gasteiger partial charge < -0.3 is 24.9 Å². The number of hydrogen-bond acceptors (Lipinski definition) is 7. The van der Waals surface area contributed by atoms with E-state index in [1.807, 2.05) is 19.9 Å². The summed E-state index contributed by atoms with van der Waals surface area (Å²) in [5.41, 5.74) is 5.94. The number of esters is 1. The number of nitrogens with zero attached hydrogens (tertiary/aromatic N) is 1. The maximum atomic E-state index is 12.3. The van der Waals surface area contributed by atoms with Gasteiger partial charge in [0.2, 0.25) is 0 Å². The van der Waals surface area contributed by atoms with E-state index in [-0.39, 0.29) is 24.2 Å². The normalized spacial score (nSPS) is 12.0. The molecule has 0 aliphatic heterocycles. The summed E-state index contributed by atoms with van der Waals surface area (Å²) in [6.07, 6.45) is -0.0213. The van der Waals surface area contributed by atoms with Gasteiger partial charge in [-0.05, 0) is 26.0 Å². The number of benzene rings is 1. The zero-order valence-corrected chi connectivity index (χ0v) is 14.7.